The Bertz CT molecular complexity index is 310. The zero-order valence-corrected chi connectivity index (χ0v) is 10.2. The van der Waals surface area contributed by atoms with E-state index in [4.69, 9.17) is 0 Å². The molecule has 1 saturated carbocycles. The van der Waals surface area contributed by atoms with Gasteiger partial charge in [0.1, 0.15) is 12.1 Å². The molecule has 1 N–H and O–H groups in total. The smallest absolute Gasteiger partial charge is 0.246 e. The number of carbonyl (C=O) groups is 2. The van der Waals surface area contributed by atoms with Crippen molar-refractivity contribution in [3.8, 4) is 0 Å². The predicted molar refractivity (Wildman–Crippen MR) is 60.7 cm³/mol. The van der Waals surface area contributed by atoms with Crippen LogP contribution >= 0.6 is 0 Å². The molecule has 2 fully saturated rings. The van der Waals surface area contributed by atoms with E-state index in [0.717, 1.165) is 6.54 Å². The van der Waals surface area contributed by atoms with Crippen molar-refractivity contribution < 1.29 is 9.59 Å². The molecule has 16 heavy (non-hydrogen) atoms. The van der Waals surface area contributed by atoms with Crippen LogP contribution in [-0.2, 0) is 9.59 Å². The van der Waals surface area contributed by atoms with Crippen LogP contribution in [0.5, 0.6) is 0 Å². The Labute approximate surface area is 96.4 Å². The van der Waals surface area contributed by atoms with Gasteiger partial charge in [-0.05, 0) is 31.6 Å². The van der Waals surface area contributed by atoms with Crippen molar-refractivity contribution in [3.05, 3.63) is 0 Å². The van der Waals surface area contributed by atoms with Crippen molar-refractivity contribution in [1.82, 2.24) is 10.2 Å². The Morgan fingerprint density at radius 1 is 1.38 bits per heavy atom. The van der Waals surface area contributed by atoms with Gasteiger partial charge in [-0.2, -0.15) is 0 Å². The molecule has 1 heterocycles. The number of rotatable bonds is 3. The molecule has 90 valence electrons. The fraction of sp³-hybridized carbons (Fsp3) is 0.833. The lowest BCUT2D eigenvalue weighted by Crippen LogP contribution is -2.64. The summed E-state index contributed by atoms with van der Waals surface area (Å²) in [5.74, 6) is 0.865. The average molecular weight is 224 g/mol. The van der Waals surface area contributed by atoms with E-state index in [1.54, 1.807) is 4.90 Å². The standard InChI is InChI=1S/C12H20N2O2/c1-7(2)10-12(16)14(6-9-4-5-9)8(3)11(15)13-10/h7-10H,4-6H2,1-3H3,(H,13,15). The fourth-order valence-electron chi connectivity index (χ4n) is 2.13. The van der Waals surface area contributed by atoms with Gasteiger partial charge in [-0.25, -0.2) is 0 Å². The maximum atomic E-state index is 12.2. The largest absolute Gasteiger partial charge is 0.342 e. The number of piperazine rings is 1. The zero-order valence-electron chi connectivity index (χ0n) is 10.2. The SMILES string of the molecule is CC(C)C1NC(=O)C(C)N(CC2CC2)C1=O. The highest BCUT2D eigenvalue weighted by atomic mass is 16.2. The van der Waals surface area contributed by atoms with E-state index in [0.29, 0.717) is 5.92 Å². The lowest BCUT2D eigenvalue weighted by atomic mass is 9.98. The molecule has 4 heteroatoms. The van der Waals surface area contributed by atoms with Gasteiger partial charge in [0.2, 0.25) is 11.8 Å². The summed E-state index contributed by atoms with van der Waals surface area (Å²) < 4.78 is 0. The summed E-state index contributed by atoms with van der Waals surface area (Å²) in [6.07, 6.45) is 2.40. The number of hydrogen-bond acceptors (Lipinski definition) is 2. The Morgan fingerprint density at radius 2 is 2.00 bits per heavy atom. The molecule has 0 bridgehead atoms. The van der Waals surface area contributed by atoms with Crippen LogP contribution in [0.4, 0.5) is 0 Å². The number of carbonyl (C=O) groups excluding carboxylic acids is 2. The molecule has 0 aromatic rings. The summed E-state index contributed by atoms with van der Waals surface area (Å²) >= 11 is 0. The van der Waals surface area contributed by atoms with Gasteiger partial charge in [-0.1, -0.05) is 13.8 Å². The van der Waals surface area contributed by atoms with Crippen LogP contribution in [0.1, 0.15) is 33.6 Å². The van der Waals surface area contributed by atoms with E-state index in [-0.39, 0.29) is 29.8 Å². The van der Waals surface area contributed by atoms with Crippen LogP contribution in [-0.4, -0.2) is 35.3 Å². The molecule has 0 aromatic carbocycles. The van der Waals surface area contributed by atoms with Gasteiger partial charge < -0.3 is 10.2 Å². The molecule has 1 aliphatic carbocycles. The monoisotopic (exact) mass is 224 g/mol. The Morgan fingerprint density at radius 3 is 2.50 bits per heavy atom. The summed E-state index contributed by atoms with van der Waals surface area (Å²) in [5.41, 5.74) is 0. The predicted octanol–water partition coefficient (Wildman–Crippen LogP) is 0.768. The highest BCUT2D eigenvalue weighted by Crippen LogP contribution is 2.31. The normalized spacial score (nSPS) is 30.9. The zero-order chi connectivity index (χ0) is 11.9. The molecule has 2 aliphatic rings. The minimum atomic E-state index is -0.331. The summed E-state index contributed by atoms with van der Waals surface area (Å²) in [4.78, 5) is 25.7. The molecule has 2 amide bonds. The van der Waals surface area contributed by atoms with Gasteiger partial charge in [0.05, 0.1) is 0 Å². The summed E-state index contributed by atoms with van der Waals surface area (Å²) in [7, 11) is 0. The summed E-state index contributed by atoms with van der Waals surface area (Å²) in [5, 5.41) is 2.81. The van der Waals surface area contributed by atoms with E-state index in [1.807, 2.05) is 20.8 Å². The Balaban J connectivity index is 2.11. The summed E-state index contributed by atoms with van der Waals surface area (Å²) in [6.45, 7) is 6.51. The summed E-state index contributed by atoms with van der Waals surface area (Å²) in [6, 6.07) is -0.634. The molecule has 0 radical (unpaired) electrons. The van der Waals surface area contributed by atoms with Gasteiger partial charge in [-0.3, -0.25) is 9.59 Å². The van der Waals surface area contributed by atoms with Crippen molar-refractivity contribution in [2.24, 2.45) is 11.8 Å². The minimum absolute atomic E-state index is 0.0149. The molecule has 1 aliphatic heterocycles. The van der Waals surface area contributed by atoms with Gasteiger partial charge in [0.25, 0.3) is 0 Å². The quantitative estimate of drug-likeness (QED) is 0.769. The van der Waals surface area contributed by atoms with E-state index in [9.17, 15) is 9.59 Å². The average Bonchev–Trinajstić information content (AvgIpc) is 3.01. The molecule has 0 aromatic heterocycles. The number of hydrogen-bond donors (Lipinski definition) is 1. The highest BCUT2D eigenvalue weighted by molar-refractivity contribution is 5.96. The first-order valence-corrected chi connectivity index (χ1v) is 6.11. The topological polar surface area (TPSA) is 49.4 Å². The third-order valence-corrected chi connectivity index (χ3v) is 3.51. The van der Waals surface area contributed by atoms with Crippen LogP contribution in [0, 0.1) is 11.8 Å². The van der Waals surface area contributed by atoms with E-state index in [1.165, 1.54) is 12.8 Å². The Kier molecular flexibility index (Phi) is 2.91. The lowest BCUT2D eigenvalue weighted by Gasteiger charge is -2.38. The Hall–Kier alpha value is -1.06. The molecule has 4 nitrogen and oxygen atoms in total. The van der Waals surface area contributed by atoms with E-state index >= 15 is 0 Å². The van der Waals surface area contributed by atoms with Crippen LogP contribution < -0.4 is 5.32 Å². The van der Waals surface area contributed by atoms with E-state index in [2.05, 4.69) is 5.32 Å². The van der Waals surface area contributed by atoms with Crippen molar-refractivity contribution in [2.45, 2.75) is 45.7 Å². The maximum absolute atomic E-state index is 12.2. The van der Waals surface area contributed by atoms with Gasteiger partial charge in [0, 0.05) is 6.54 Å². The second-order valence-corrected chi connectivity index (χ2v) is 5.34. The van der Waals surface area contributed by atoms with Crippen LogP contribution in [0.25, 0.3) is 0 Å². The molecule has 2 rings (SSSR count). The first kappa shape index (κ1) is 11.4. The van der Waals surface area contributed by atoms with Gasteiger partial charge >= 0.3 is 0 Å². The first-order chi connectivity index (χ1) is 7.50. The van der Waals surface area contributed by atoms with Crippen molar-refractivity contribution >= 4 is 11.8 Å². The third kappa shape index (κ3) is 2.06. The molecule has 0 spiro atoms. The van der Waals surface area contributed by atoms with Crippen LogP contribution in [0.3, 0.4) is 0 Å². The van der Waals surface area contributed by atoms with Crippen molar-refractivity contribution in [1.29, 1.82) is 0 Å². The van der Waals surface area contributed by atoms with E-state index < -0.39 is 0 Å². The number of amides is 2. The first-order valence-electron chi connectivity index (χ1n) is 6.11. The fourth-order valence-corrected chi connectivity index (χ4v) is 2.13. The molecule has 2 atom stereocenters. The van der Waals surface area contributed by atoms with Gasteiger partial charge in [-0.15, -0.1) is 0 Å². The molecule has 1 saturated heterocycles. The number of nitrogens with zero attached hydrogens (tertiary/aromatic N) is 1. The molecular weight excluding hydrogens is 204 g/mol. The van der Waals surface area contributed by atoms with Gasteiger partial charge in [0.15, 0.2) is 0 Å². The second kappa shape index (κ2) is 4.07. The lowest BCUT2D eigenvalue weighted by molar-refractivity contribution is -0.150. The maximum Gasteiger partial charge on any atom is 0.246 e. The second-order valence-electron chi connectivity index (χ2n) is 5.34. The molecule has 2 unspecified atom stereocenters. The van der Waals surface area contributed by atoms with Crippen molar-refractivity contribution in [3.63, 3.8) is 0 Å². The highest BCUT2D eigenvalue weighted by Gasteiger charge is 2.41. The van der Waals surface area contributed by atoms with Crippen LogP contribution in [0.15, 0.2) is 0 Å². The minimum Gasteiger partial charge on any atom is -0.342 e. The number of nitrogens with one attached hydrogen (secondary N) is 1. The third-order valence-electron chi connectivity index (χ3n) is 3.51. The molecular formula is C12H20N2O2. The van der Waals surface area contributed by atoms with Crippen molar-refractivity contribution in [2.75, 3.05) is 6.54 Å². The van der Waals surface area contributed by atoms with Crippen LogP contribution in [0.2, 0.25) is 0 Å².